The van der Waals surface area contributed by atoms with E-state index in [1.165, 1.54) is 5.56 Å². The van der Waals surface area contributed by atoms with Crippen LogP contribution in [0.1, 0.15) is 53.2 Å². The third-order valence-electron chi connectivity index (χ3n) is 6.84. The zero-order chi connectivity index (χ0) is 25.4. The third-order valence-corrected chi connectivity index (χ3v) is 9.06. The van der Waals surface area contributed by atoms with Crippen molar-refractivity contribution in [1.82, 2.24) is 10.3 Å². The van der Waals surface area contributed by atoms with Crippen molar-refractivity contribution in [2.75, 3.05) is 11.6 Å². The Bertz CT molecular complexity index is 1390. The molecule has 5 nitrogen and oxygen atoms in total. The number of carbonyl (C=O) groups is 2. The number of dihydropyridines is 1. The summed E-state index contributed by atoms with van der Waals surface area (Å²) in [5, 5.41) is 6.45. The van der Waals surface area contributed by atoms with E-state index in [0.29, 0.717) is 17.8 Å². The Hall–Kier alpha value is -3.16. The largest absolute Gasteiger partial charge is 0.362 e. The quantitative estimate of drug-likeness (QED) is 0.381. The van der Waals surface area contributed by atoms with E-state index in [2.05, 4.69) is 40.7 Å². The van der Waals surface area contributed by atoms with E-state index in [1.54, 1.807) is 35.4 Å². The second-order valence-corrected chi connectivity index (χ2v) is 11.7. The van der Waals surface area contributed by atoms with Gasteiger partial charge in [-0.25, -0.2) is 4.98 Å². The third kappa shape index (κ3) is 4.65. The summed E-state index contributed by atoms with van der Waals surface area (Å²) in [5.74, 6) is 0.0692. The maximum absolute atomic E-state index is 13.8. The highest BCUT2D eigenvalue weighted by atomic mass is 32.2. The number of amides is 1. The molecular weight excluding hydrogens is 486 g/mol. The van der Waals surface area contributed by atoms with Crippen molar-refractivity contribution in [1.29, 1.82) is 0 Å². The van der Waals surface area contributed by atoms with Gasteiger partial charge >= 0.3 is 0 Å². The molecule has 0 radical (unpaired) electrons. The van der Waals surface area contributed by atoms with Crippen molar-refractivity contribution >= 4 is 40.6 Å². The highest BCUT2D eigenvalue weighted by Gasteiger charge is 2.42. The molecule has 7 heteroatoms. The maximum atomic E-state index is 13.8. The van der Waals surface area contributed by atoms with Crippen LogP contribution in [0.3, 0.4) is 0 Å². The van der Waals surface area contributed by atoms with Gasteiger partial charge in [-0.3, -0.25) is 9.59 Å². The Labute approximate surface area is 220 Å². The van der Waals surface area contributed by atoms with Gasteiger partial charge < -0.3 is 10.6 Å². The average molecular weight is 516 g/mol. The summed E-state index contributed by atoms with van der Waals surface area (Å²) in [7, 11) is 0. The van der Waals surface area contributed by atoms with Gasteiger partial charge in [0.15, 0.2) is 5.78 Å². The number of thioether (sulfide) groups is 1. The molecule has 1 aliphatic carbocycles. The molecule has 0 bridgehead atoms. The number of ketones is 1. The van der Waals surface area contributed by atoms with Gasteiger partial charge in [0.25, 0.3) is 5.91 Å². The summed E-state index contributed by atoms with van der Waals surface area (Å²) in [6.07, 6.45) is 4.96. The van der Waals surface area contributed by atoms with Crippen LogP contribution in [0.25, 0.3) is 0 Å². The minimum Gasteiger partial charge on any atom is -0.362 e. The van der Waals surface area contributed by atoms with Crippen LogP contribution in [0, 0.1) is 13.8 Å². The molecule has 5 rings (SSSR count). The van der Waals surface area contributed by atoms with Crippen LogP contribution < -0.4 is 10.6 Å². The Morgan fingerprint density at radius 3 is 2.58 bits per heavy atom. The van der Waals surface area contributed by atoms with Crippen molar-refractivity contribution in [2.24, 2.45) is 0 Å². The molecule has 0 unspecified atom stereocenters. The average Bonchev–Trinajstić information content (AvgIpc) is 3.25. The first-order valence-corrected chi connectivity index (χ1v) is 14.1. The van der Waals surface area contributed by atoms with Gasteiger partial charge in [-0.2, -0.15) is 0 Å². The molecule has 2 aliphatic rings. The second-order valence-electron chi connectivity index (χ2n) is 9.41. The fraction of sp³-hybridized carbons (Fsp3) is 0.276. The summed E-state index contributed by atoms with van der Waals surface area (Å²) in [6, 6.07) is 16.1. The lowest BCUT2D eigenvalue weighted by Gasteiger charge is -2.37. The number of aryl methyl sites for hydroxylation is 2. The first kappa shape index (κ1) is 24.5. The number of anilines is 1. The molecule has 184 valence electrons. The topological polar surface area (TPSA) is 71.1 Å². The Morgan fingerprint density at radius 1 is 1.11 bits per heavy atom. The highest BCUT2D eigenvalue weighted by molar-refractivity contribution is 8.00. The number of aromatic nitrogens is 1. The van der Waals surface area contributed by atoms with Crippen molar-refractivity contribution in [3.8, 4) is 0 Å². The predicted molar refractivity (Wildman–Crippen MR) is 147 cm³/mol. The Kier molecular flexibility index (Phi) is 6.86. The SMILES string of the molecule is CSc1sc(C)cc1[C@H]1C(C(=O)Nc2ccc(C)cn2)=C(C)NC2=C1C(=O)C[C@H](c1ccccc1)C2. The summed E-state index contributed by atoms with van der Waals surface area (Å²) < 4.78 is 1.13. The van der Waals surface area contributed by atoms with E-state index in [-0.39, 0.29) is 17.6 Å². The normalized spacial score (nSPS) is 19.7. The molecule has 1 aromatic carbocycles. The van der Waals surface area contributed by atoms with Gasteiger partial charge in [-0.1, -0.05) is 36.4 Å². The van der Waals surface area contributed by atoms with E-state index >= 15 is 0 Å². The van der Waals surface area contributed by atoms with Gasteiger partial charge in [0.2, 0.25) is 0 Å². The minimum absolute atomic E-state index is 0.102. The van der Waals surface area contributed by atoms with Crippen molar-refractivity contribution in [2.45, 2.75) is 49.7 Å². The molecule has 1 amide bonds. The molecular formula is C29H29N3O2S2. The molecule has 2 atom stereocenters. The Balaban J connectivity index is 1.58. The van der Waals surface area contributed by atoms with E-state index in [1.807, 2.05) is 44.4 Å². The van der Waals surface area contributed by atoms with Gasteiger partial charge in [0.1, 0.15) is 5.82 Å². The summed E-state index contributed by atoms with van der Waals surface area (Å²) in [5.41, 5.74) is 6.24. The van der Waals surface area contributed by atoms with Gasteiger partial charge in [-0.05, 0) is 68.2 Å². The molecule has 2 N–H and O–H groups in total. The Morgan fingerprint density at radius 2 is 1.89 bits per heavy atom. The van der Waals surface area contributed by atoms with Gasteiger partial charge in [0.05, 0.1) is 4.21 Å². The molecule has 3 aromatic rings. The number of allylic oxidation sites excluding steroid dienone is 3. The number of hydrogen-bond acceptors (Lipinski definition) is 6. The van der Waals surface area contributed by atoms with E-state index in [9.17, 15) is 9.59 Å². The summed E-state index contributed by atoms with van der Waals surface area (Å²) in [4.78, 5) is 33.1. The molecule has 0 saturated carbocycles. The van der Waals surface area contributed by atoms with Gasteiger partial charge in [-0.15, -0.1) is 23.1 Å². The van der Waals surface area contributed by atoms with Crippen LogP contribution in [0.4, 0.5) is 5.82 Å². The van der Waals surface area contributed by atoms with Crippen LogP contribution in [0.2, 0.25) is 0 Å². The highest BCUT2D eigenvalue weighted by Crippen LogP contribution is 2.49. The lowest BCUT2D eigenvalue weighted by Crippen LogP contribution is -2.37. The number of pyridine rings is 1. The number of rotatable bonds is 5. The number of nitrogens with zero attached hydrogens (tertiary/aromatic N) is 1. The van der Waals surface area contributed by atoms with Crippen molar-refractivity contribution < 1.29 is 9.59 Å². The lowest BCUT2D eigenvalue weighted by molar-refractivity contribution is -0.116. The molecule has 0 spiro atoms. The van der Waals surface area contributed by atoms with E-state index in [4.69, 9.17) is 0 Å². The molecule has 0 saturated heterocycles. The molecule has 0 fully saturated rings. The monoisotopic (exact) mass is 515 g/mol. The summed E-state index contributed by atoms with van der Waals surface area (Å²) in [6.45, 7) is 5.97. The van der Waals surface area contributed by atoms with Crippen LogP contribution in [-0.4, -0.2) is 22.9 Å². The van der Waals surface area contributed by atoms with E-state index in [0.717, 1.165) is 43.6 Å². The van der Waals surface area contributed by atoms with Crippen LogP contribution in [0.15, 0.2) is 81.5 Å². The number of Topliss-reactive ketones (excluding diaryl/α,β-unsaturated/α-hetero) is 1. The minimum atomic E-state index is -0.414. The van der Waals surface area contributed by atoms with Crippen LogP contribution in [0.5, 0.6) is 0 Å². The predicted octanol–water partition coefficient (Wildman–Crippen LogP) is 6.48. The molecule has 1 aliphatic heterocycles. The van der Waals surface area contributed by atoms with Crippen molar-refractivity contribution in [3.63, 3.8) is 0 Å². The van der Waals surface area contributed by atoms with E-state index < -0.39 is 5.92 Å². The molecule has 36 heavy (non-hydrogen) atoms. The number of benzene rings is 1. The fourth-order valence-electron chi connectivity index (χ4n) is 5.21. The zero-order valence-corrected chi connectivity index (χ0v) is 22.5. The first-order chi connectivity index (χ1) is 17.4. The number of nitrogens with one attached hydrogen (secondary N) is 2. The summed E-state index contributed by atoms with van der Waals surface area (Å²) >= 11 is 3.37. The molecule has 2 aromatic heterocycles. The standard InChI is InChI=1S/C29H29N3O2S2/c1-16-10-11-24(30-15-16)32-28(34)25-18(3)31-22-13-20(19-8-6-5-7-9-19)14-23(33)27(22)26(25)21-12-17(2)36-29(21)35-4/h5-12,15,20,26,31H,13-14H2,1-4H3,(H,30,32,34)/t20-,26+/m1/s1. The lowest BCUT2D eigenvalue weighted by atomic mass is 9.72. The van der Waals surface area contributed by atoms with Gasteiger partial charge in [0, 0.05) is 46.0 Å². The smallest absolute Gasteiger partial charge is 0.255 e. The molecule has 3 heterocycles. The fourth-order valence-corrected chi connectivity index (χ4v) is 7.12. The second kappa shape index (κ2) is 10.1. The zero-order valence-electron chi connectivity index (χ0n) is 20.8. The van der Waals surface area contributed by atoms with Crippen molar-refractivity contribution in [3.05, 3.63) is 98.8 Å². The number of thiophene rings is 1. The number of carbonyl (C=O) groups excluding carboxylic acids is 2. The van der Waals surface area contributed by atoms with Crippen LogP contribution >= 0.6 is 23.1 Å². The maximum Gasteiger partial charge on any atom is 0.255 e. The van der Waals surface area contributed by atoms with Crippen LogP contribution in [-0.2, 0) is 9.59 Å². The number of hydrogen-bond donors (Lipinski definition) is 2. The first-order valence-electron chi connectivity index (χ1n) is 12.0.